The maximum absolute atomic E-state index is 11.8. The highest BCUT2D eigenvalue weighted by atomic mass is 79.9. The van der Waals surface area contributed by atoms with E-state index in [4.69, 9.17) is 9.47 Å². The molecule has 0 radical (unpaired) electrons. The molecule has 2 aromatic carbocycles. The fraction of sp³-hybridized carbons (Fsp3) is 0.118. The van der Waals surface area contributed by atoms with Gasteiger partial charge < -0.3 is 9.47 Å². The molecule has 108 valence electrons. The van der Waals surface area contributed by atoms with Crippen LogP contribution in [0.5, 0.6) is 11.5 Å². The van der Waals surface area contributed by atoms with Gasteiger partial charge in [0.25, 0.3) is 0 Å². The summed E-state index contributed by atoms with van der Waals surface area (Å²) >= 11 is 3.32. The fourth-order valence-corrected chi connectivity index (χ4v) is 2.03. The van der Waals surface area contributed by atoms with E-state index >= 15 is 0 Å². The number of benzene rings is 2. The smallest absolute Gasteiger partial charge is 0.349 e. The molecule has 4 heteroatoms. The topological polar surface area (TPSA) is 35.5 Å². The van der Waals surface area contributed by atoms with Crippen molar-refractivity contribution >= 4 is 21.9 Å². The van der Waals surface area contributed by atoms with Gasteiger partial charge in [0, 0.05) is 4.47 Å². The van der Waals surface area contributed by atoms with Crippen LogP contribution in [0.15, 0.2) is 65.7 Å². The van der Waals surface area contributed by atoms with Crippen molar-refractivity contribution in [2.24, 2.45) is 0 Å². The number of hydrogen-bond acceptors (Lipinski definition) is 3. The van der Waals surface area contributed by atoms with Gasteiger partial charge in [0.15, 0.2) is 6.61 Å². The van der Waals surface area contributed by atoms with Gasteiger partial charge in [0.2, 0.25) is 0 Å². The van der Waals surface area contributed by atoms with E-state index in [0.717, 1.165) is 10.0 Å². The van der Waals surface area contributed by atoms with Crippen LogP contribution in [-0.4, -0.2) is 12.6 Å². The first-order valence-electron chi connectivity index (χ1n) is 6.47. The Morgan fingerprint density at radius 2 is 1.86 bits per heavy atom. The van der Waals surface area contributed by atoms with Gasteiger partial charge in [0.1, 0.15) is 11.5 Å². The van der Waals surface area contributed by atoms with Crippen LogP contribution in [0.4, 0.5) is 0 Å². The highest BCUT2D eigenvalue weighted by Gasteiger charge is 2.08. The molecule has 0 aliphatic heterocycles. The molecule has 0 heterocycles. The summed E-state index contributed by atoms with van der Waals surface area (Å²) in [6.45, 7) is 3.57. The molecule has 0 spiro atoms. The summed E-state index contributed by atoms with van der Waals surface area (Å²) in [5.41, 5.74) is 0.990. The maximum atomic E-state index is 11.8. The molecule has 21 heavy (non-hydrogen) atoms. The van der Waals surface area contributed by atoms with Crippen LogP contribution in [0.2, 0.25) is 0 Å². The van der Waals surface area contributed by atoms with E-state index < -0.39 is 5.97 Å². The molecule has 0 bridgehead atoms. The van der Waals surface area contributed by atoms with Gasteiger partial charge in [-0.25, -0.2) is 4.79 Å². The second kappa shape index (κ2) is 7.64. The Kier molecular flexibility index (Phi) is 5.58. The monoisotopic (exact) mass is 346 g/mol. The van der Waals surface area contributed by atoms with E-state index in [-0.39, 0.29) is 6.61 Å². The molecule has 0 unspecified atom stereocenters. The number of carbonyl (C=O) groups is 1. The number of allylic oxidation sites excluding steroid dienone is 1. The summed E-state index contributed by atoms with van der Waals surface area (Å²) in [5.74, 6) is 0.724. The largest absolute Gasteiger partial charge is 0.482 e. The summed E-state index contributed by atoms with van der Waals surface area (Å²) < 4.78 is 11.6. The summed E-state index contributed by atoms with van der Waals surface area (Å²) in [5, 5.41) is 0. The predicted octanol–water partition coefficient (Wildman–Crippen LogP) is 4.16. The molecule has 0 aliphatic rings. The molecule has 0 atom stereocenters. The van der Waals surface area contributed by atoms with Crippen molar-refractivity contribution in [1.29, 1.82) is 0 Å². The lowest BCUT2D eigenvalue weighted by Gasteiger charge is -2.10. The molecule has 2 aromatic rings. The van der Waals surface area contributed by atoms with Crippen LogP contribution >= 0.6 is 15.9 Å². The van der Waals surface area contributed by atoms with Gasteiger partial charge >= 0.3 is 5.97 Å². The Labute approximate surface area is 132 Å². The van der Waals surface area contributed by atoms with Crippen LogP contribution in [-0.2, 0) is 11.2 Å². The van der Waals surface area contributed by atoms with Gasteiger partial charge in [-0.15, -0.1) is 6.58 Å². The van der Waals surface area contributed by atoms with E-state index in [9.17, 15) is 4.79 Å². The molecule has 0 N–H and O–H groups in total. The van der Waals surface area contributed by atoms with Gasteiger partial charge in [-0.1, -0.05) is 40.2 Å². The molecule has 0 saturated carbocycles. The number of halogens is 1. The number of hydrogen-bond donors (Lipinski definition) is 0. The Hall–Kier alpha value is -2.07. The van der Waals surface area contributed by atoms with Crippen molar-refractivity contribution in [3.8, 4) is 11.5 Å². The first-order valence-corrected chi connectivity index (χ1v) is 7.26. The standard InChI is InChI=1S/C17H15BrO3/c1-2-5-13-6-3-4-7-16(13)20-12-17(19)21-15-10-8-14(18)9-11-15/h2-4,6-11H,1,5,12H2. The van der Waals surface area contributed by atoms with E-state index in [0.29, 0.717) is 17.9 Å². The van der Waals surface area contributed by atoms with Crippen LogP contribution in [0.1, 0.15) is 5.56 Å². The molecule has 0 aliphatic carbocycles. The van der Waals surface area contributed by atoms with Gasteiger partial charge in [-0.05, 0) is 42.3 Å². The molecular formula is C17H15BrO3. The number of carbonyl (C=O) groups excluding carboxylic acids is 1. The summed E-state index contributed by atoms with van der Waals surface area (Å²) in [4.78, 5) is 11.8. The van der Waals surface area contributed by atoms with Crippen molar-refractivity contribution in [2.45, 2.75) is 6.42 Å². The molecular weight excluding hydrogens is 332 g/mol. The lowest BCUT2D eigenvalue weighted by atomic mass is 10.1. The van der Waals surface area contributed by atoms with Crippen LogP contribution in [0.3, 0.4) is 0 Å². The number of ether oxygens (including phenoxy) is 2. The third-order valence-corrected chi connectivity index (χ3v) is 3.26. The van der Waals surface area contributed by atoms with E-state index in [1.165, 1.54) is 0 Å². The minimum Gasteiger partial charge on any atom is -0.482 e. The second-order valence-electron chi connectivity index (χ2n) is 4.32. The molecule has 3 nitrogen and oxygen atoms in total. The first kappa shape index (κ1) is 15.3. The lowest BCUT2D eigenvalue weighted by molar-refractivity contribution is -0.136. The number of para-hydroxylation sites is 1. The van der Waals surface area contributed by atoms with Gasteiger partial charge in [0.05, 0.1) is 0 Å². The lowest BCUT2D eigenvalue weighted by Crippen LogP contribution is -2.18. The summed E-state index contributed by atoms with van der Waals surface area (Å²) in [7, 11) is 0. The average molecular weight is 347 g/mol. The van der Waals surface area contributed by atoms with Crippen LogP contribution < -0.4 is 9.47 Å². The van der Waals surface area contributed by atoms with E-state index in [1.807, 2.05) is 36.4 Å². The minimum atomic E-state index is -0.439. The SMILES string of the molecule is C=CCc1ccccc1OCC(=O)Oc1ccc(Br)cc1. The zero-order chi connectivity index (χ0) is 15.1. The molecule has 2 rings (SSSR count). The third kappa shape index (κ3) is 4.76. The molecule has 0 saturated heterocycles. The Morgan fingerprint density at radius 1 is 1.14 bits per heavy atom. The van der Waals surface area contributed by atoms with Crippen molar-refractivity contribution in [3.63, 3.8) is 0 Å². The summed E-state index contributed by atoms with van der Waals surface area (Å²) in [6.07, 6.45) is 2.49. The predicted molar refractivity (Wildman–Crippen MR) is 85.6 cm³/mol. The fourth-order valence-electron chi connectivity index (χ4n) is 1.77. The Balaban J connectivity index is 1.92. The van der Waals surface area contributed by atoms with Gasteiger partial charge in [-0.2, -0.15) is 0 Å². The maximum Gasteiger partial charge on any atom is 0.349 e. The normalized spacial score (nSPS) is 9.95. The highest BCUT2D eigenvalue weighted by Crippen LogP contribution is 2.19. The van der Waals surface area contributed by atoms with Crippen LogP contribution in [0.25, 0.3) is 0 Å². The average Bonchev–Trinajstić information content (AvgIpc) is 2.49. The zero-order valence-corrected chi connectivity index (χ0v) is 13.0. The quantitative estimate of drug-likeness (QED) is 0.447. The van der Waals surface area contributed by atoms with Crippen molar-refractivity contribution in [3.05, 3.63) is 71.2 Å². The second-order valence-corrected chi connectivity index (χ2v) is 5.23. The van der Waals surface area contributed by atoms with Gasteiger partial charge in [-0.3, -0.25) is 0 Å². The number of esters is 1. The van der Waals surface area contributed by atoms with Crippen LogP contribution in [0, 0.1) is 0 Å². The minimum absolute atomic E-state index is 0.135. The molecule has 0 fully saturated rings. The van der Waals surface area contributed by atoms with E-state index in [2.05, 4.69) is 22.5 Å². The number of rotatable bonds is 6. The Bertz CT molecular complexity index is 620. The Morgan fingerprint density at radius 3 is 2.57 bits per heavy atom. The zero-order valence-electron chi connectivity index (χ0n) is 11.4. The van der Waals surface area contributed by atoms with E-state index in [1.54, 1.807) is 18.2 Å². The van der Waals surface area contributed by atoms with Crippen molar-refractivity contribution < 1.29 is 14.3 Å². The first-order chi connectivity index (χ1) is 10.2. The van der Waals surface area contributed by atoms with Crippen molar-refractivity contribution in [1.82, 2.24) is 0 Å². The third-order valence-electron chi connectivity index (χ3n) is 2.73. The van der Waals surface area contributed by atoms with Crippen molar-refractivity contribution in [2.75, 3.05) is 6.61 Å². The summed E-state index contributed by atoms with van der Waals surface area (Å²) in [6, 6.07) is 14.6. The molecule has 0 aromatic heterocycles. The molecule has 0 amide bonds. The highest BCUT2D eigenvalue weighted by molar-refractivity contribution is 9.10.